The molecule has 0 saturated heterocycles. The molecule has 0 fully saturated rings. The zero-order chi connectivity index (χ0) is 22.4. The third kappa shape index (κ3) is 3.49. The van der Waals surface area contributed by atoms with Crippen LogP contribution in [0, 0.1) is 25.5 Å². The Labute approximate surface area is 182 Å². The minimum Gasteiger partial charge on any atom is -0.332 e. The topological polar surface area (TPSA) is 64.2 Å². The molecule has 8 heteroatoms. The van der Waals surface area contributed by atoms with Crippen LogP contribution in [-0.2, 0) is 6.54 Å². The minimum atomic E-state index is -0.408. The fourth-order valence-electron chi connectivity index (χ4n) is 3.85. The number of anilines is 1. The molecule has 1 amide bonds. The first kappa shape index (κ1) is 19.9. The smallest absolute Gasteiger partial charge is 0.273 e. The van der Waals surface area contributed by atoms with Crippen LogP contribution in [0.5, 0.6) is 0 Å². The van der Waals surface area contributed by atoms with Gasteiger partial charge in [0.25, 0.3) is 5.91 Å². The lowest BCUT2D eigenvalue weighted by atomic mass is 10.2. The number of aromatic nitrogens is 4. The van der Waals surface area contributed by atoms with Gasteiger partial charge in [-0.3, -0.25) is 9.20 Å². The number of hydrogen-bond donors (Lipinski definition) is 1. The molecule has 0 aliphatic carbocycles. The molecule has 5 aromatic rings. The van der Waals surface area contributed by atoms with E-state index in [4.69, 9.17) is 0 Å². The van der Waals surface area contributed by atoms with E-state index in [1.807, 2.05) is 18.2 Å². The van der Waals surface area contributed by atoms with Crippen molar-refractivity contribution in [3.8, 4) is 0 Å². The molecule has 0 spiro atoms. The van der Waals surface area contributed by atoms with Gasteiger partial charge >= 0.3 is 0 Å². The normalized spacial score (nSPS) is 11.4. The average molecular weight is 431 g/mol. The van der Waals surface area contributed by atoms with E-state index in [2.05, 4.69) is 15.3 Å². The zero-order valence-corrected chi connectivity index (χ0v) is 17.4. The summed E-state index contributed by atoms with van der Waals surface area (Å²) in [5.41, 5.74) is 4.20. The maximum Gasteiger partial charge on any atom is 0.273 e. The molecular weight excluding hydrogens is 412 g/mol. The summed E-state index contributed by atoms with van der Waals surface area (Å²) in [6, 6.07) is 13.8. The van der Waals surface area contributed by atoms with E-state index >= 15 is 0 Å². The van der Waals surface area contributed by atoms with Crippen molar-refractivity contribution in [1.29, 1.82) is 0 Å². The lowest BCUT2D eigenvalue weighted by molar-refractivity contribution is 0.101. The summed E-state index contributed by atoms with van der Waals surface area (Å²) >= 11 is 0. The Morgan fingerprint density at radius 2 is 1.84 bits per heavy atom. The molecule has 1 N–H and O–H groups in total. The summed E-state index contributed by atoms with van der Waals surface area (Å²) in [5, 5.41) is 3.38. The van der Waals surface area contributed by atoms with Crippen LogP contribution in [0.2, 0.25) is 0 Å². The van der Waals surface area contributed by atoms with Gasteiger partial charge < -0.3 is 9.88 Å². The third-order valence-corrected chi connectivity index (χ3v) is 5.56. The second-order valence-corrected chi connectivity index (χ2v) is 7.69. The summed E-state index contributed by atoms with van der Waals surface area (Å²) in [6.07, 6.45) is 1.61. The maximum absolute atomic E-state index is 13.8. The van der Waals surface area contributed by atoms with Crippen LogP contribution in [0.15, 0.2) is 60.9 Å². The summed E-state index contributed by atoms with van der Waals surface area (Å²) in [6.45, 7) is 4.10. The number of benzene rings is 2. The van der Waals surface area contributed by atoms with Crippen LogP contribution >= 0.6 is 0 Å². The van der Waals surface area contributed by atoms with E-state index in [9.17, 15) is 13.6 Å². The number of rotatable bonds is 4. The van der Waals surface area contributed by atoms with Crippen molar-refractivity contribution in [3.63, 3.8) is 0 Å². The SMILES string of the molecule is Cc1nc2cc(NC(=O)c3cc4cc(F)ccc4n3Cc3cccc(F)c3)ncn2c1C. The molecule has 0 saturated carbocycles. The van der Waals surface area contributed by atoms with Crippen molar-refractivity contribution in [2.75, 3.05) is 5.32 Å². The largest absolute Gasteiger partial charge is 0.332 e. The number of halogens is 2. The van der Waals surface area contributed by atoms with Crippen LogP contribution in [-0.4, -0.2) is 24.8 Å². The molecule has 0 aliphatic rings. The van der Waals surface area contributed by atoms with Gasteiger partial charge in [0.2, 0.25) is 0 Å². The van der Waals surface area contributed by atoms with Gasteiger partial charge in [-0.05, 0) is 55.8 Å². The molecule has 32 heavy (non-hydrogen) atoms. The molecule has 0 aliphatic heterocycles. The first-order valence-corrected chi connectivity index (χ1v) is 10.0. The summed E-state index contributed by atoms with van der Waals surface area (Å²) in [4.78, 5) is 22.0. The highest BCUT2D eigenvalue weighted by Crippen LogP contribution is 2.24. The van der Waals surface area contributed by atoms with E-state index < -0.39 is 11.7 Å². The number of amides is 1. The Morgan fingerprint density at radius 3 is 2.66 bits per heavy atom. The lowest BCUT2D eigenvalue weighted by Crippen LogP contribution is -2.18. The molecule has 2 aromatic carbocycles. The van der Waals surface area contributed by atoms with E-state index in [1.165, 1.54) is 24.3 Å². The minimum absolute atomic E-state index is 0.251. The number of carbonyl (C=O) groups excluding carboxylic acids is 1. The molecule has 160 valence electrons. The molecular formula is C24H19F2N5O. The lowest BCUT2D eigenvalue weighted by Gasteiger charge is -2.11. The zero-order valence-electron chi connectivity index (χ0n) is 17.4. The van der Waals surface area contributed by atoms with Crippen molar-refractivity contribution in [1.82, 2.24) is 18.9 Å². The molecule has 0 bridgehead atoms. The van der Waals surface area contributed by atoms with Gasteiger partial charge in [0.05, 0.1) is 5.69 Å². The fraction of sp³-hybridized carbons (Fsp3) is 0.125. The van der Waals surface area contributed by atoms with E-state index in [0.29, 0.717) is 33.6 Å². The van der Waals surface area contributed by atoms with E-state index in [-0.39, 0.29) is 12.4 Å². The van der Waals surface area contributed by atoms with E-state index in [0.717, 1.165) is 11.4 Å². The van der Waals surface area contributed by atoms with Crippen molar-refractivity contribution in [2.45, 2.75) is 20.4 Å². The van der Waals surface area contributed by atoms with Crippen LogP contribution in [0.3, 0.4) is 0 Å². The molecule has 0 radical (unpaired) electrons. The fourth-order valence-corrected chi connectivity index (χ4v) is 3.85. The van der Waals surface area contributed by atoms with Crippen molar-refractivity contribution >= 4 is 28.3 Å². The molecule has 3 heterocycles. The highest BCUT2D eigenvalue weighted by atomic mass is 19.1. The number of aryl methyl sites for hydroxylation is 2. The highest BCUT2D eigenvalue weighted by Gasteiger charge is 2.18. The van der Waals surface area contributed by atoms with Gasteiger partial charge in [-0.15, -0.1) is 0 Å². The first-order valence-electron chi connectivity index (χ1n) is 10.0. The van der Waals surface area contributed by atoms with Crippen molar-refractivity contribution in [2.24, 2.45) is 0 Å². The second-order valence-electron chi connectivity index (χ2n) is 7.69. The summed E-state index contributed by atoms with van der Waals surface area (Å²) in [5.74, 6) is -0.820. The Bertz CT molecular complexity index is 1500. The third-order valence-electron chi connectivity index (χ3n) is 5.56. The van der Waals surface area contributed by atoms with Gasteiger partial charge in [0.15, 0.2) is 0 Å². The number of nitrogens with zero attached hydrogens (tertiary/aromatic N) is 4. The molecule has 3 aromatic heterocycles. The summed E-state index contributed by atoms with van der Waals surface area (Å²) < 4.78 is 31.1. The Kier molecular flexibility index (Phi) is 4.70. The standard InChI is InChI=1S/C24H19F2N5O/c1-14-15(2)31-13-27-22(11-23(31)28-14)29-24(32)21-10-17-9-19(26)6-7-20(17)30(21)12-16-4-3-5-18(25)8-16/h3-11,13H,12H2,1-2H3,(H,29,32). The number of imidazole rings is 1. The molecule has 6 nitrogen and oxygen atoms in total. The van der Waals surface area contributed by atoms with Crippen LogP contribution < -0.4 is 5.32 Å². The Balaban J connectivity index is 1.54. The highest BCUT2D eigenvalue weighted by molar-refractivity contribution is 6.06. The monoisotopic (exact) mass is 431 g/mol. The number of nitrogens with one attached hydrogen (secondary N) is 1. The predicted molar refractivity (Wildman–Crippen MR) is 118 cm³/mol. The van der Waals surface area contributed by atoms with Gasteiger partial charge in [-0.25, -0.2) is 18.7 Å². The molecule has 0 unspecified atom stereocenters. The van der Waals surface area contributed by atoms with Gasteiger partial charge in [0, 0.05) is 29.2 Å². The van der Waals surface area contributed by atoms with Crippen LogP contribution in [0.4, 0.5) is 14.6 Å². The van der Waals surface area contributed by atoms with Crippen molar-refractivity contribution < 1.29 is 13.6 Å². The Hall–Kier alpha value is -4.07. The second kappa shape index (κ2) is 7.56. The predicted octanol–water partition coefficient (Wildman–Crippen LogP) is 4.88. The molecule has 5 rings (SSSR count). The van der Waals surface area contributed by atoms with Gasteiger partial charge in [-0.1, -0.05) is 12.1 Å². The number of carbonyl (C=O) groups is 1. The van der Waals surface area contributed by atoms with E-state index in [1.54, 1.807) is 41.2 Å². The average Bonchev–Trinajstić information content (AvgIpc) is 3.24. The number of hydrogen-bond acceptors (Lipinski definition) is 3. The van der Waals surface area contributed by atoms with Crippen LogP contribution in [0.1, 0.15) is 27.4 Å². The van der Waals surface area contributed by atoms with Gasteiger partial charge in [0.1, 0.15) is 35.1 Å². The molecule has 0 atom stereocenters. The summed E-state index contributed by atoms with van der Waals surface area (Å²) in [7, 11) is 0. The maximum atomic E-state index is 13.8. The Morgan fingerprint density at radius 1 is 1.03 bits per heavy atom. The van der Waals surface area contributed by atoms with Crippen LogP contribution in [0.25, 0.3) is 16.6 Å². The quantitative estimate of drug-likeness (QED) is 0.441. The van der Waals surface area contributed by atoms with Gasteiger partial charge in [-0.2, -0.15) is 0 Å². The van der Waals surface area contributed by atoms with Crippen molar-refractivity contribution in [3.05, 3.63) is 95.2 Å². The first-order chi connectivity index (χ1) is 15.4. The number of fused-ring (bicyclic) bond motifs is 2.